The van der Waals surface area contributed by atoms with Crippen LogP contribution in [0.15, 0.2) is 16.6 Å². The Balaban J connectivity index is 2.45. The van der Waals surface area contributed by atoms with Crippen LogP contribution in [-0.4, -0.2) is 7.11 Å². The summed E-state index contributed by atoms with van der Waals surface area (Å²) in [6, 6.07) is 3.79. The molecule has 82 valence electrons. The largest absolute Gasteiger partial charge is 0.496 e. The van der Waals surface area contributed by atoms with Crippen molar-refractivity contribution in [2.45, 2.75) is 24.8 Å². The van der Waals surface area contributed by atoms with E-state index in [0.29, 0.717) is 5.02 Å². The summed E-state index contributed by atoms with van der Waals surface area (Å²) in [4.78, 5) is 0. The molecular weight excluding hydrogens is 277 g/mol. The highest BCUT2D eigenvalue weighted by Crippen LogP contribution is 2.44. The summed E-state index contributed by atoms with van der Waals surface area (Å²) in [6.07, 6.45) is 3.19. The SMILES string of the molecule is COc1cc(Cl)c(C2(N)CCC2)cc1Br. The Labute approximate surface area is 103 Å². The van der Waals surface area contributed by atoms with E-state index in [1.807, 2.05) is 12.1 Å². The van der Waals surface area contributed by atoms with Gasteiger partial charge in [-0.05, 0) is 46.8 Å². The van der Waals surface area contributed by atoms with Gasteiger partial charge in [0.2, 0.25) is 0 Å². The summed E-state index contributed by atoms with van der Waals surface area (Å²) in [5.41, 5.74) is 7.03. The third-order valence-electron chi connectivity index (χ3n) is 3.02. The maximum Gasteiger partial charge on any atom is 0.134 e. The Bertz CT molecular complexity index is 390. The van der Waals surface area contributed by atoms with E-state index in [2.05, 4.69) is 15.9 Å². The van der Waals surface area contributed by atoms with Gasteiger partial charge in [-0.25, -0.2) is 0 Å². The summed E-state index contributed by atoms with van der Waals surface area (Å²) in [5.74, 6) is 0.742. The summed E-state index contributed by atoms with van der Waals surface area (Å²) < 4.78 is 6.08. The lowest BCUT2D eigenvalue weighted by Gasteiger charge is -2.39. The maximum absolute atomic E-state index is 6.24. The first-order valence-corrected chi connectivity index (χ1v) is 6.06. The monoisotopic (exact) mass is 289 g/mol. The lowest BCUT2D eigenvalue weighted by molar-refractivity contribution is 0.253. The molecular formula is C11H13BrClNO. The molecule has 2 N–H and O–H groups in total. The van der Waals surface area contributed by atoms with Gasteiger partial charge in [0.25, 0.3) is 0 Å². The molecule has 0 radical (unpaired) electrons. The van der Waals surface area contributed by atoms with Crippen LogP contribution >= 0.6 is 27.5 Å². The molecule has 0 saturated heterocycles. The van der Waals surface area contributed by atoms with Crippen molar-refractivity contribution < 1.29 is 4.74 Å². The van der Waals surface area contributed by atoms with E-state index in [0.717, 1.165) is 28.6 Å². The van der Waals surface area contributed by atoms with Crippen molar-refractivity contribution in [3.05, 3.63) is 27.2 Å². The van der Waals surface area contributed by atoms with E-state index in [1.165, 1.54) is 6.42 Å². The summed E-state index contributed by atoms with van der Waals surface area (Å²) in [6.45, 7) is 0. The molecule has 0 atom stereocenters. The molecule has 2 rings (SSSR count). The lowest BCUT2D eigenvalue weighted by Crippen LogP contribution is -2.43. The number of methoxy groups -OCH3 is 1. The van der Waals surface area contributed by atoms with E-state index in [-0.39, 0.29) is 5.54 Å². The van der Waals surface area contributed by atoms with Crippen LogP contribution in [0.5, 0.6) is 5.75 Å². The van der Waals surface area contributed by atoms with Crippen molar-refractivity contribution in [3.8, 4) is 5.75 Å². The molecule has 1 aliphatic rings. The topological polar surface area (TPSA) is 35.2 Å². The smallest absolute Gasteiger partial charge is 0.134 e. The Morgan fingerprint density at radius 2 is 2.13 bits per heavy atom. The van der Waals surface area contributed by atoms with Crippen LogP contribution in [-0.2, 0) is 5.54 Å². The molecule has 0 spiro atoms. The number of nitrogens with two attached hydrogens (primary N) is 1. The molecule has 0 aliphatic heterocycles. The number of hydrogen-bond donors (Lipinski definition) is 1. The van der Waals surface area contributed by atoms with Crippen LogP contribution in [0.2, 0.25) is 5.02 Å². The molecule has 1 aromatic carbocycles. The zero-order valence-corrected chi connectivity index (χ0v) is 10.9. The van der Waals surface area contributed by atoms with Gasteiger partial charge in [-0.2, -0.15) is 0 Å². The van der Waals surface area contributed by atoms with Crippen LogP contribution in [0.4, 0.5) is 0 Å². The van der Waals surface area contributed by atoms with Crippen LogP contribution in [0.1, 0.15) is 24.8 Å². The lowest BCUT2D eigenvalue weighted by atomic mass is 9.73. The van der Waals surface area contributed by atoms with Gasteiger partial charge in [0.1, 0.15) is 5.75 Å². The standard InChI is InChI=1S/C11H13BrClNO/c1-15-10-6-9(13)7(5-8(10)12)11(14)3-2-4-11/h5-6H,2-4,14H2,1H3. The van der Waals surface area contributed by atoms with Crippen molar-refractivity contribution >= 4 is 27.5 Å². The molecule has 2 nitrogen and oxygen atoms in total. The number of ether oxygens (including phenoxy) is 1. The highest BCUT2D eigenvalue weighted by atomic mass is 79.9. The second-order valence-electron chi connectivity index (χ2n) is 3.98. The second-order valence-corrected chi connectivity index (χ2v) is 5.24. The molecule has 0 unspecified atom stereocenters. The minimum atomic E-state index is -0.230. The first kappa shape index (κ1) is 11.2. The molecule has 1 aliphatic carbocycles. The quantitative estimate of drug-likeness (QED) is 0.905. The fourth-order valence-electron chi connectivity index (χ4n) is 1.89. The molecule has 15 heavy (non-hydrogen) atoms. The van der Waals surface area contributed by atoms with Crippen LogP contribution in [0, 0.1) is 0 Å². The Hall–Kier alpha value is -0.250. The third kappa shape index (κ3) is 1.88. The van der Waals surface area contributed by atoms with Crippen molar-refractivity contribution in [1.82, 2.24) is 0 Å². The minimum Gasteiger partial charge on any atom is -0.496 e. The Morgan fingerprint density at radius 3 is 2.60 bits per heavy atom. The van der Waals surface area contributed by atoms with Gasteiger partial charge >= 0.3 is 0 Å². The van der Waals surface area contributed by atoms with Gasteiger partial charge in [-0.3, -0.25) is 0 Å². The van der Waals surface area contributed by atoms with E-state index >= 15 is 0 Å². The predicted molar refractivity (Wildman–Crippen MR) is 65.4 cm³/mol. The third-order valence-corrected chi connectivity index (χ3v) is 3.96. The van der Waals surface area contributed by atoms with E-state index < -0.39 is 0 Å². The molecule has 0 bridgehead atoms. The first-order valence-electron chi connectivity index (χ1n) is 4.89. The van der Waals surface area contributed by atoms with E-state index in [4.69, 9.17) is 22.1 Å². The van der Waals surface area contributed by atoms with Gasteiger partial charge in [0.15, 0.2) is 0 Å². The van der Waals surface area contributed by atoms with E-state index in [1.54, 1.807) is 7.11 Å². The molecule has 0 aromatic heterocycles. The average molecular weight is 291 g/mol. The molecule has 0 amide bonds. The number of benzene rings is 1. The van der Waals surface area contributed by atoms with Gasteiger partial charge < -0.3 is 10.5 Å². The fraction of sp³-hybridized carbons (Fsp3) is 0.455. The van der Waals surface area contributed by atoms with Gasteiger partial charge in [0.05, 0.1) is 11.6 Å². The second kappa shape index (κ2) is 3.96. The zero-order chi connectivity index (χ0) is 11.1. The van der Waals surface area contributed by atoms with E-state index in [9.17, 15) is 0 Å². The van der Waals surface area contributed by atoms with Gasteiger partial charge in [0, 0.05) is 16.6 Å². The average Bonchev–Trinajstić information content (AvgIpc) is 2.17. The van der Waals surface area contributed by atoms with Crippen molar-refractivity contribution in [2.75, 3.05) is 7.11 Å². The molecule has 1 fully saturated rings. The van der Waals surface area contributed by atoms with Crippen LogP contribution in [0.3, 0.4) is 0 Å². The Kier molecular flexibility index (Phi) is 2.97. The van der Waals surface area contributed by atoms with Crippen molar-refractivity contribution in [2.24, 2.45) is 5.73 Å². The molecule has 0 heterocycles. The molecule has 1 aromatic rings. The van der Waals surface area contributed by atoms with Crippen molar-refractivity contribution in [1.29, 1.82) is 0 Å². The van der Waals surface area contributed by atoms with Gasteiger partial charge in [-0.1, -0.05) is 11.6 Å². The predicted octanol–water partition coefficient (Wildman–Crippen LogP) is 3.45. The van der Waals surface area contributed by atoms with Crippen molar-refractivity contribution in [3.63, 3.8) is 0 Å². The minimum absolute atomic E-state index is 0.230. The number of hydrogen-bond acceptors (Lipinski definition) is 2. The first-order chi connectivity index (χ1) is 7.07. The summed E-state index contributed by atoms with van der Waals surface area (Å²) >= 11 is 9.64. The number of halogens is 2. The Morgan fingerprint density at radius 1 is 1.47 bits per heavy atom. The summed E-state index contributed by atoms with van der Waals surface area (Å²) in [5, 5.41) is 0.692. The molecule has 4 heteroatoms. The number of rotatable bonds is 2. The maximum atomic E-state index is 6.24. The molecule has 1 saturated carbocycles. The normalized spacial score (nSPS) is 18.4. The zero-order valence-electron chi connectivity index (χ0n) is 8.52. The van der Waals surface area contributed by atoms with Gasteiger partial charge in [-0.15, -0.1) is 0 Å². The van der Waals surface area contributed by atoms with Crippen LogP contribution < -0.4 is 10.5 Å². The highest BCUT2D eigenvalue weighted by Gasteiger charge is 2.36. The fourth-order valence-corrected chi connectivity index (χ4v) is 2.74. The summed E-state index contributed by atoms with van der Waals surface area (Å²) in [7, 11) is 1.62. The highest BCUT2D eigenvalue weighted by molar-refractivity contribution is 9.10. The van der Waals surface area contributed by atoms with Crippen LogP contribution in [0.25, 0.3) is 0 Å².